The fourth-order valence-electron chi connectivity index (χ4n) is 5.76. The molecule has 2 aliphatic rings. The number of nitrogens with zero attached hydrogens (tertiary/aromatic N) is 4. The van der Waals surface area contributed by atoms with Crippen LogP contribution >= 0.6 is 0 Å². The Hall–Kier alpha value is -5.26. The Bertz CT molecular complexity index is 1860. The molecular weight excluding hydrogens is 577 g/mol. The summed E-state index contributed by atoms with van der Waals surface area (Å²) in [4.78, 5) is 8.53. The molecule has 0 unspecified atom stereocenters. The van der Waals surface area contributed by atoms with E-state index in [9.17, 15) is 18.4 Å². The van der Waals surface area contributed by atoms with Crippen LogP contribution in [-0.4, -0.2) is 26.9 Å². The van der Waals surface area contributed by atoms with E-state index in [0.29, 0.717) is 63.2 Å². The van der Waals surface area contributed by atoms with Crippen LogP contribution in [0.5, 0.6) is 0 Å². The smallest absolute Gasteiger partial charge is 0.262 e. The average molecular weight is 609 g/mol. The van der Waals surface area contributed by atoms with Gasteiger partial charge in [-0.15, -0.1) is 12.0 Å². The van der Waals surface area contributed by atoms with Crippen molar-refractivity contribution in [2.45, 2.75) is 57.2 Å². The van der Waals surface area contributed by atoms with Crippen molar-refractivity contribution in [3.05, 3.63) is 107 Å². The third kappa shape index (κ3) is 5.59. The van der Waals surface area contributed by atoms with Gasteiger partial charge in [0, 0.05) is 34.7 Å². The molecule has 6 rings (SSSR count). The summed E-state index contributed by atoms with van der Waals surface area (Å²) in [6.07, 6.45) is 8.01. The van der Waals surface area contributed by atoms with E-state index in [-0.39, 0.29) is 6.04 Å². The lowest BCUT2D eigenvalue weighted by Gasteiger charge is -2.25. The SMILES string of the molecule is C#Cc1cnc2c(C#N)cc(N[C@H](C3=CN(C4(C(F)F)CC4)NN3)c3ccc(F)nc3C)cc2c1N[C@H](CC)c1ccccc1. The maximum atomic E-state index is 14.0. The molecule has 2 atom stereocenters. The Kier molecular flexibility index (Phi) is 7.96. The van der Waals surface area contributed by atoms with Gasteiger partial charge in [-0.25, -0.2) is 13.8 Å². The van der Waals surface area contributed by atoms with Gasteiger partial charge in [0.15, 0.2) is 0 Å². The molecule has 45 heavy (non-hydrogen) atoms. The topological polar surface area (TPSA) is 101 Å². The Morgan fingerprint density at radius 2 is 1.89 bits per heavy atom. The van der Waals surface area contributed by atoms with Gasteiger partial charge in [-0.3, -0.25) is 9.99 Å². The highest BCUT2D eigenvalue weighted by Crippen LogP contribution is 2.47. The van der Waals surface area contributed by atoms with Crippen molar-refractivity contribution in [2.75, 3.05) is 10.6 Å². The first-order chi connectivity index (χ1) is 21.8. The third-order valence-corrected chi connectivity index (χ3v) is 8.44. The van der Waals surface area contributed by atoms with E-state index in [0.717, 1.165) is 12.0 Å². The van der Waals surface area contributed by atoms with Gasteiger partial charge in [-0.05, 0) is 49.9 Å². The van der Waals surface area contributed by atoms with Crippen LogP contribution < -0.4 is 21.6 Å². The first-order valence-corrected chi connectivity index (χ1v) is 14.6. The van der Waals surface area contributed by atoms with E-state index < -0.39 is 24.0 Å². The van der Waals surface area contributed by atoms with E-state index in [1.165, 1.54) is 11.1 Å². The number of aromatic nitrogens is 2. The number of aryl methyl sites for hydroxylation is 1. The Morgan fingerprint density at radius 3 is 2.53 bits per heavy atom. The number of rotatable bonds is 10. The molecule has 11 heteroatoms. The van der Waals surface area contributed by atoms with Crippen molar-refractivity contribution < 1.29 is 13.2 Å². The summed E-state index contributed by atoms with van der Waals surface area (Å²) >= 11 is 0. The first kappa shape index (κ1) is 29.8. The van der Waals surface area contributed by atoms with Crippen LogP contribution in [0.3, 0.4) is 0 Å². The number of pyridine rings is 2. The third-order valence-electron chi connectivity index (χ3n) is 8.44. The monoisotopic (exact) mass is 608 g/mol. The van der Waals surface area contributed by atoms with Gasteiger partial charge in [-0.2, -0.15) is 9.65 Å². The van der Waals surface area contributed by atoms with Crippen molar-refractivity contribution in [1.29, 1.82) is 5.26 Å². The molecule has 1 saturated carbocycles. The molecular formula is C34H31F3N8. The molecule has 1 aliphatic heterocycles. The van der Waals surface area contributed by atoms with Crippen LogP contribution in [-0.2, 0) is 0 Å². The van der Waals surface area contributed by atoms with E-state index in [1.807, 2.05) is 36.4 Å². The Morgan fingerprint density at radius 1 is 1.11 bits per heavy atom. The van der Waals surface area contributed by atoms with Gasteiger partial charge >= 0.3 is 0 Å². The van der Waals surface area contributed by atoms with Gasteiger partial charge < -0.3 is 16.1 Å². The quantitative estimate of drug-likeness (QED) is 0.118. The molecule has 2 aromatic heterocycles. The lowest BCUT2D eigenvalue weighted by atomic mass is 9.99. The fourth-order valence-corrected chi connectivity index (χ4v) is 5.76. The van der Waals surface area contributed by atoms with Gasteiger partial charge in [0.25, 0.3) is 6.43 Å². The molecule has 228 valence electrons. The molecule has 3 heterocycles. The zero-order valence-electron chi connectivity index (χ0n) is 24.7. The van der Waals surface area contributed by atoms with Crippen molar-refractivity contribution in [3.8, 4) is 18.4 Å². The van der Waals surface area contributed by atoms with Gasteiger partial charge in [0.1, 0.15) is 11.6 Å². The van der Waals surface area contributed by atoms with Gasteiger partial charge in [-0.1, -0.05) is 49.2 Å². The highest BCUT2D eigenvalue weighted by Gasteiger charge is 2.56. The summed E-state index contributed by atoms with van der Waals surface area (Å²) in [5.41, 5.74) is 9.73. The van der Waals surface area contributed by atoms with Crippen molar-refractivity contribution in [2.24, 2.45) is 0 Å². The van der Waals surface area contributed by atoms with Crippen molar-refractivity contribution in [1.82, 2.24) is 25.9 Å². The zero-order valence-corrected chi connectivity index (χ0v) is 24.7. The highest BCUT2D eigenvalue weighted by molar-refractivity contribution is 5.99. The Labute approximate surface area is 259 Å². The number of hydrazine groups is 2. The molecule has 2 aromatic carbocycles. The normalized spacial score (nSPS) is 16.4. The summed E-state index contributed by atoms with van der Waals surface area (Å²) in [6.45, 7) is 3.75. The summed E-state index contributed by atoms with van der Waals surface area (Å²) in [5, 5.41) is 19.2. The molecule has 4 aromatic rings. The molecule has 8 nitrogen and oxygen atoms in total. The molecule has 0 saturated heterocycles. The minimum atomic E-state index is -2.55. The van der Waals surface area contributed by atoms with Crippen LogP contribution in [0.1, 0.15) is 66.2 Å². The second-order valence-corrected chi connectivity index (χ2v) is 11.2. The lowest BCUT2D eigenvalue weighted by Crippen LogP contribution is -2.48. The Balaban J connectivity index is 1.45. The number of nitriles is 1. The molecule has 0 bridgehead atoms. The van der Waals surface area contributed by atoms with Crippen LogP contribution in [0.25, 0.3) is 10.9 Å². The highest BCUT2D eigenvalue weighted by atomic mass is 19.3. The molecule has 0 spiro atoms. The van der Waals surface area contributed by atoms with Crippen LogP contribution in [0.2, 0.25) is 0 Å². The number of halogens is 3. The van der Waals surface area contributed by atoms with Crippen molar-refractivity contribution >= 4 is 22.3 Å². The van der Waals surface area contributed by atoms with Crippen LogP contribution in [0, 0.1) is 36.5 Å². The van der Waals surface area contributed by atoms with Crippen molar-refractivity contribution in [3.63, 3.8) is 0 Å². The van der Waals surface area contributed by atoms with Crippen LogP contribution in [0.15, 0.2) is 72.7 Å². The van der Waals surface area contributed by atoms with Crippen LogP contribution in [0.4, 0.5) is 24.5 Å². The fraction of sp³-hybridized carbons (Fsp3) is 0.265. The molecule has 1 aliphatic carbocycles. The second kappa shape index (κ2) is 12.0. The predicted molar refractivity (Wildman–Crippen MR) is 167 cm³/mol. The van der Waals surface area contributed by atoms with E-state index in [2.05, 4.69) is 50.5 Å². The number of nitrogens with one attached hydrogen (secondary N) is 4. The molecule has 0 radical (unpaired) electrons. The summed E-state index contributed by atoms with van der Waals surface area (Å²) in [7, 11) is 0. The summed E-state index contributed by atoms with van der Waals surface area (Å²) < 4.78 is 41.9. The van der Waals surface area contributed by atoms with E-state index in [1.54, 1.807) is 31.5 Å². The number of fused-ring (bicyclic) bond motifs is 1. The summed E-state index contributed by atoms with van der Waals surface area (Å²) in [6, 6.07) is 17.9. The minimum absolute atomic E-state index is 0.0683. The van der Waals surface area contributed by atoms with Gasteiger partial charge in [0.05, 0.1) is 40.1 Å². The number of benzene rings is 2. The predicted octanol–water partition coefficient (Wildman–Crippen LogP) is 6.61. The van der Waals surface area contributed by atoms with Gasteiger partial charge in [0.2, 0.25) is 5.95 Å². The molecule has 4 N–H and O–H groups in total. The zero-order chi connectivity index (χ0) is 31.7. The maximum absolute atomic E-state index is 14.0. The van der Waals surface area contributed by atoms with E-state index >= 15 is 0 Å². The lowest BCUT2D eigenvalue weighted by molar-refractivity contribution is 0.00911. The maximum Gasteiger partial charge on any atom is 0.262 e. The number of alkyl halides is 2. The minimum Gasteiger partial charge on any atom is -0.377 e. The van der Waals surface area contributed by atoms with E-state index in [4.69, 9.17) is 6.42 Å². The largest absolute Gasteiger partial charge is 0.377 e. The number of terminal acetylenes is 1. The average Bonchev–Trinajstić information content (AvgIpc) is 3.72. The second-order valence-electron chi connectivity index (χ2n) is 11.2. The number of anilines is 2. The standard InChI is InChI=1S/C34H31F3N8/c1-4-21-18-39-30-23(17-38)15-24(16-26(30)31(21)42-27(5-2)22-9-7-6-8-10-22)41-32(25-11-12-29(35)40-20(25)3)28-19-45(44-43-28)34(13-14-34)33(36)37/h1,6-12,15-16,18-19,27,32-33,41,43-44H,5,13-14H2,2-3H3,(H,39,42)/t27-,32+/m1/s1. The number of hydrogen-bond donors (Lipinski definition) is 4. The number of hydrogen-bond acceptors (Lipinski definition) is 8. The summed E-state index contributed by atoms with van der Waals surface area (Å²) in [5.74, 6) is 2.08. The molecule has 1 fully saturated rings. The first-order valence-electron chi connectivity index (χ1n) is 14.6. The molecule has 0 amide bonds.